The lowest BCUT2D eigenvalue weighted by atomic mass is 10.2. The fourth-order valence-corrected chi connectivity index (χ4v) is 2.08. The topological polar surface area (TPSA) is 60.2 Å². The molecule has 3 rings (SSSR count). The van der Waals surface area contributed by atoms with E-state index in [0.29, 0.717) is 25.5 Å². The molecule has 0 radical (unpaired) electrons. The van der Waals surface area contributed by atoms with Gasteiger partial charge in [-0.3, -0.25) is 0 Å². The van der Waals surface area contributed by atoms with Crippen molar-refractivity contribution in [2.75, 3.05) is 19.7 Å². The third-order valence-electron chi connectivity index (χ3n) is 3.00. The van der Waals surface area contributed by atoms with Gasteiger partial charge in [-0.15, -0.1) is 0 Å². The number of halogens is 2. The van der Waals surface area contributed by atoms with Crippen molar-refractivity contribution in [3.05, 3.63) is 35.7 Å². The molecular weight excluding hydrogens is 268 g/mol. The van der Waals surface area contributed by atoms with Crippen LogP contribution in [-0.4, -0.2) is 35.9 Å². The summed E-state index contributed by atoms with van der Waals surface area (Å²) >= 11 is 0. The van der Waals surface area contributed by atoms with Crippen LogP contribution in [0.3, 0.4) is 0 Å². The average Bonchev–Trinajstić information content (AvgIpc) is 2.87. The normalized spacial score (nSPS) is 19.2. The van der Waals surface area contributed by atoms with E-state index in [1.807, 2.05) is 0 Å². The van der Waals surface area contributed by atoms with Crippen LogP contribution >= 0.6 is 0 Å². The number of hydrogen-bond donors (Lipinski definition) is 1. The van der Waals surface area contributed by atoms with Crippen LogP contribution in [0.15, 0.2) is 22.7 Å². The molecule has 1 aliphatic heterocycles. The van der Waals surface area contributed by atoms with Gasteiger partial charge in [0.25, 0.3) is 0 Å². The third-order valence-corrected chi connectivity index (χ3v) is 3.00. The largest absolute Gasteiger partial charge is 0.375 e. The minimum Gasteiger partial charge on any atom is -0.375 e. The number of morpholine rings is 1. The van der Waals surface area contributed by atoms with Gasteiger partial charge in [-0.2, -0.15) is 4.98 Å². The molecule has 5 nitrogen and oxygen atoms in total. The number of benzene rings is 1. The van der Waals surface area contributed by atoms with Crippen LogP contribution in [-0.2, 0) is 11.2 Å². The number of hydrogen-bond acceptors (Lipinski definition) is 5. The number of rotatable bonds is 3. The molecule has 106 valence electrons. The molecule has 1 N–H and O–H groups in total. The van der Waals surface area contributed by atoms with Gasteiger partial charge in [0.15, 0.2) is 0 Å². The fraction of sp³-hybridized carbons (Fsp3) is 0.385. The fourth-order valence-electron chi connectivity index (χ4n) is 2.08. The van der Waals surface area contributed by atoms with Crippen LogP contribution in [0, 0.1) is 11.6 Å². The monoisotopic (exact) mass is 281 g/mol. The van der Waals surface area contributed by atoms with Gasteiger partial charge in [-0.05, 0) is 12.1 Å². The lowest BCUT2D eigenvalue weighted by Gasteiger charge is -2.21. The summed E-state index contributed by atoms with van der Waals surface area (Å²) in [7, 11) is 0. The highest BCUT2D eigenvalue weighted by Gasteiger charge is 2.18. The Labute approximate surface area is 113 Å². The van der Waals surface area contributed by atoms with E-state index < -0.39 is 11.6 Å². The summed E-state index contributed by atoms with van der Waals surface area (Å²) in [6.07, 6.45) is 0.443. The SMILES string of the molecule is Fc1cc(F)cc(-c2noc(CC3CNCCO3)n2)c1. The van der Waals surface area contributed by atoms with Crippen molar-refractivity contribution >= 4 is 0 Å². The molecule has 20 heavy (non-hydrogen) atoms. The molecule has 2 heterocycles. The van der Waals surface area contributed by atoms with E-state index in [9.17, 15) is 8.78 Å². The molecule has 0 aliphatic carbocycles. The highest BCUT2D eigenvalue weighted by molar-refractivity contribution is 5.54. The van der Waals surface area contributed by atoms with Gasteiger partial charge >= 0.3 is 0 Å². The molecule has 1 fully saturated rings. The molecule has 1 aromatic heterocycles. The van der Waals surface area contributed by atoms with Crippen LogP contribution in [0.25, 0.3) is 11.4 Å². The van der Waals surface area contributed by atoms with E-state index in [2.05, 4.69) is 15.5 Å². The Kier molecular flexibility index (Phi) is 3.70. The van der Waals surface area contributed by atoms with E-state index in [1.165, 1.54) is 0 Å². The van der Waals surface area contributed by atoms with Crippen molar-refractivity contribution in [3.63, 3.8) is 0 Å². The van der Waals surface area contributed by atoms with Gasteiger partial charge in [0.2, 0.25) is 11.7 Å². The molecule has 0 saturated carbocycles. The van der Waals surface area contributed by atoms with E-state index >= 15 is 0 Å². The van der Waals surface area contributed by atoms with Gasteiger partial charge in [0, 0.05) is 24.7 Å². The van der Waals surface area contributed by atoms with E-state index in [0.717, 1.165) is 24.7 Å². The van der Waals surface area contributed by atoms with E-state index in [1.54, 1.807) is 0 Å². The molecule has 0 bridgehead atoms. The number of aromatic nitrogens is 2. The van der Waals surface area contributed by atoms with Gasteiger partial charge in [0.1, 0.15) is 11.6 Å². The van der Waals surface area contributed by atoms with Crippen molar-refractivity contribution < 1.29 is 18.0 Å². The Morgan fingerprint density at radius 2 is 2.05 bits per heavy atom. The maximum Gasteiger partial charge on any atom is 0.229 e. The molecule has 2 aromatic rings. The lowest BCUT2D eigenvalue weighted by Crippen LogP contribution is -2.39. The van der Waals surface area contributed by atoms with Gasteiger partial charge < -0.3 is 14.6 Å². The molecule has 1 saturated heterocycles. The maximum atomic E-state index is 13.1. The smallest absolute Gasteiger partial charge is 0.229 e. The van der Waals surface area contributed by atoms with Crippen molar-refractivity contribution in [1.82, 2.24) is 15.5 Å². The zero-order valence-electron chi connectivity index (χ0n) is 10.6. The second-order valence-electron chi connectivity index (χ2n) is 4.57. The average molecular weight is 281 g/mol. The highest BCUT2D eigenvalue weighted by Crippen LogP contribution is 2.19. The summed E-state index contributed by atoms with van der Waals surface area (Å²) in [4.78, 5) is 4.14. The quantitative estimate of drug-likeness (QED) is 0.925. The first-order valence-corrected chi connectivity index (χ1v) is 6.32. The maximum absolute atomic E-state index is 13.1. The summed E-state index contributed by atoms with van der Waals surface area (Å²) in [6, 6.07) is 3.12. The zero-order chi connectivity index (χ0) is 13.9. The Morgan fingerprint density at radius 1 is 1.25 bits per heavy atom. The number of ether oxygens (including phenoxy) is 1. The van der Waals surface area contributed by atoms with Gasteiger partial charge in [0.05, 0.1) is 19.1 Å². The Hall–Kier alpha value is -1.86. The summed E-state index contributed by atoms with van der Waals surface area (Å²) < 4.78 is 36.9. The van der Waals surface area contributed by atoms with Crippen molar-refractivity contribution in [3.8, 4) is 11.4 Å². The van der Waals surface area contributed by atoms with Crippen molar-refractivity contribution in [2.45, 2.75) is 12.5 Å². The third kappa shape index (κ3) is 3.00. The highest BCUT2D eigenvalue weighted by atomic mass is 19.1. The summed E-state index contributed by atoms with van der Waals surface area (Å²) in [6.45, 7) is 2.18. The first-order valence-electron chi connectivity index (χ1n) is 6.32. The lowest BCUT2D eigenvalue weighted by molar-refractivity contribution is 0.0246. The van der Waals surface area contributed by atoms with Crippen LogP contribution in [0.1, 0.15) is 5.89 Å². The molecular formula is C13H13F2N3O2. The molecule has 0 amide bonds. The molecule has 7 heteroatoms. The van der Waals surface area contributed by atoms with Crippen molar-refractivity contribution in [1.29, 1.82) is 0 Å². The predicted octanol–water partition coefficient (Wildman–Crippen LogP) is 1.55. The van der Waals surface area contributed by atoms with Gasteiger partial charge in [-0.1, -0.05) is 5.16 Å². The van der Waals surface area contributed by atoms with E-state index in [4.69, 9.17) is 9.26 Å². The second kappa shape index (κ2) is 5.64. The molecule has 1 aromatic carbocycles. The Bertz CT molecular complexity index is 577. The zero-order valence-corrected chi connectivity index (χ0v) is 10.6. The summed E-state index contributed by atoms with van der Waals surface area (Å²) in [5.74, 6) is -0.794. The predicted molar refractivity (Wildman–Crippen MR) is 66.0 cm³/mol. The Morgan fingerprint density at radius 3 is 2.75 bits per heavy atom. The van der Waals surface area contributed by atoms with Crippen molar-refractivity contribution in [2.24, 2.45) is 0 Å². The molecule has 1 atom stereocenters. The molecule has 1 aliphatic rings. The standard InChI is InChI=1S/C13H13F2N3O2/c14-9-3-8(4-10(15)5-9)13-17-12(20-18-13)6-11-7-16-1-2-19-11/h3-5,11,16H,1-2,6-7H2. The first kappa shape index (κ1) is 13.1. The number of nitrogens with zero attached hydrogens (tertiary/aromatic N) is 2. The minimum atomic E-state index is -0.675. The summed E-state index contributed by atoms with van der Waals surface area (Å²) in [5, 5.41) is 6.93. The first-order chi connectivity index (χ1) is 9.70. The van der Waals surface area contributed by atoms with Gasteiger partial charge in [-0.25, -0.2) is 8.78 Å². The molecule has 1 unspecified atom stereocenters. The summed E-state index contributed by atoms with van der Waals surface area (Å²) in [5.41, 5.74) is 0.250. The minimum absolute atomic E-state index is 0.0266. The van der Waals surface area contributed by atoms with Crippen LogP contribution in [0.2, 0.25) is 0 Å². The Balaban J connectivity index is 1.75. The van der Waals surface area contributed by atoms with Crippen LogP contribution in [0.5, 0.6) is 0 Å². The second-order valence-corrected chi connectivity index (χ2v) is 4.57. The van der Waals surface area contributed by atoms with Crippen LogP contribution < -0.4 is 5.32 Å². The molecule has 0 spiro atoms. The van der Waals surface area contributed by atoms with E-state index in [-0.39, 0.29) is 17.5 Å². The van der Waals surface area contributed by atoms with Crippen LogP contribution in [0.4, 0.5) is 8.78 Å². The number of nitrogens with one attached hydrogen (secondary N) is 1.